The SMILES string of the molecule is CC1(Cn2c(=O)c(C(=O)NC3CC3)c(O)n3nc(-c4cccnc4NC(N)=O)cc23)CCOCC1. The van der Waals surface area contributed by atoms with Crippen molar-refractivity contribution in [2.75, 3.05) is 18.5 Å². The van der Waals surface area contributed by atoms with Gasteiger partial charge in [-0.15, -0.1) is 0 Å². The van der Waals surface area contributed by atoms with Crippen LogP contribution in [0.4, 0.5) is 10.6 Å². The molecule has 12 heteroatoms. The molecule has 5 N–H and O–H groups in total. The zero-order valence-electron chi connectivity index (χ0n) is 19.3. The number of hydrogen-bond donors (Lipinski definition) is 4. The molecule has 3 amide bonds. The van der Waals surface area contributed by atoms with Gasteiger partial charge in [0.1, 0.15) is 11.5 Å². The highest BCUT2D eigenvalue weighted by Gasteiger charge is 2.33. The van der Waals surface area contributed by atoms with E-state index in [-0.39, 0.29) is 22.8 Å². The first kappa shape index (κ1) is 22.8. The van der Waals surface area contributed by atoms with E-state index in [9.17, 15) is 19.5 Å². The Kier molecular flexibility index (Phi) is 5.67. The smallest absolute Gasteiger partial charge is 0.317 e. The number of pyridine rings is 1. The summed E-state index contributed by atoms with van der Waals surface area (Å²) in [5.74, 6) is -0.992. The number of aromatic hydroxyl groups is 1. The average molecular weight is 482 g/mol. The Bertz CT molecular complexity index is 1370. The van der Waals surface area contributed by atoms with E-state index in [1.807, 2.05) is 0 Å². The first-order valence-corrected chi connectivity index (χ1v) is 11.5. The van der Waals surface area contributed by atoms with Crippen LogP contribution in [0.5, 0.6) is 5.88 Å². The molecule has 5 rings (SSSR count). The quantitative estimate of drug-likeness (QED) is 0.414. The van der Waals surface area contributed by atoms with Crippen LogP contribution in [0.25, 0.3) is 16.9 Å². The normalized spacial score (nSPS) is 17.3. The first-order chi connectivity index (χ1) is 16.8. The molecule has 12 nitrogen and oxygen atoms in total. The van der Waals surface area contributed by atoms with Crippen molar-refractivity contribution in [3.63, 3.8) is 0 Å². The number of primary amides is 1. The summed E-state index contributed by atoms with van der Waals surface area (Å²) in [6.07, 6.45) is 4.65. The van der Waals surface area contributed by atoms with E-state index in [2.05, 4.69) is 27.6 Å². The molecule has 1 aliphatic heterocycles. The first-order valence-electron chi connectivity index (χ1n) is 11.5. The number of anilines is 1. The molecule has 3 aromatic heterocycles. The van der Waals surface area contributed by atoms with Crippen LogP contribution in [0.1, 0.15) is 43.0 Å². The number of ether oxygens (including phenoxy) is 1. The van der Waals surface area contributed by atoms with E-state index in [0.717, 1.165) is 25.7 Å². The van der Waals surface area contributed by atoms with Crippen LogP contribution in [0.15, 0.2) is 29.2 Å². The van der Waals surface area contributed by atoms with E-state index >= 15 is 0 Å². The van der Waals surface area contributed by atoms with Gasteiger partial charge in [-0.2, -0.15) is 9.61 Å². The molecule has 0 bridgehead atoms. The fourth-order valence-electron chi connectivity index (χ4n) is 4.36. The summed E-state index contributed by atoms with van der Waals surface area (Å²) in [4.78, 5) is 42.1. The van der Waals surface area contributed by atoms with Crippen molar-refractivity contribution in [3.05, 3.63) is 40.3 Å². The number of amides is 3. The second-order valence-electron chi connectivity index (χ2n) is 9.45. The Labute approximate surface area is 200 Å². The summed E-state index contributed by atoms with van der Waals surface area (Å²) >= 11 is 0. The van der Waals surface area contributed by atoms with E-state index in [1.54, 1.807) is 18.2 Å². The molecule has 2 fully saturated rings. The Morgan fingerprint density at radius 2 is 2.06 bits per heavy atom. The maximum Gasteiger partial charge on any atom is 0.317 e. The summed E-state index contributed by atoms with van der Waals surface area (Å²) < 4.78 is 8.17. The number of nitrogens with two attached hydrogens (primary N) is 1. The Hall–Kier alpha value is -3.93. The molecule has 1 aliphatic carbocycles. The van der Waals surface area contributed by atoms with Gasteiger partial charge in [0.15, 0.2) is 5.56 Å². The zero-order valence-corrected chi connectivity index (χ0v) is 19.3. The Morgan fingerprint density at radius 3 is 2.74 bits per heavy atom. The number of aromatic nitrogens is 4. The molecule has 0 unspecified atom stereocenters. The number of nitrogens with zero attached hydrogens (tertiary/aromatic N) is 4. The highest BCUT2D eigenvalue weighted by molar-refractivity contribution is 5.97. The predicted molar refractivity (Wildman–Crippen MR) is 126 cm³/mol. The highest BCUT2D eigenvalue weighted by atomic mass is 16.5. The fraction of sp³-hybridized carbons (Fsp3) is 0.435. The number of nitrogens with one attached hydrogen (secondary N) is 2. The van der Waals surface area contributed by atoms with Crippen LogP contribution >= 0.6 is 0 Å². The molecule has 4 heterocycles. The van der Waals surface area contributed by atoms with Crippen LogP contribution < -0.4 is 21.9 Å². The van der Waals surface area contributed by atoms with Crippen LogP contribution in [0.3, 0.4) is 0 Å². The Balaban J connectivity index is 1.69. The van der Waals surface area contributed by atoms with Crippen LogP contribution in [0, 0.1) is 5.41 Å². The number of fused-ring (bicyclic) bond motifs is 1. The number of carbonyl (C=O) groups excluding carboxylic acids is 2. The second kappa shape index (κ2) is 8.69. The van der Waals surface area contributed by atoms with Gasteiger partial charge in [-0.05, 0) is 43.2 Å². The van der Waals surface area contributed by atoms with Crippen molar-refractivity contribution in [3.8, 4) is 17.1 Å². The van der Waals surface area contributed by atoms with Gasteiger partial charge >= 0.3 is 6.03 Å². The van der Waals surface area contributed by atoms with E-state index in [1.165, 1.54) is 15.3 Å². The number of carbonyl (C=O) groups is 2. The summed E-state index contributed by atoms with van der Waals surface area (Å²) in [5, 5.41) is 20.7. The monoisotopic (exact) mass is 481 g/mol. The predicted octanol–water partition coefficient (Wildman–Crippen LogP) is 1.46. The summed E-state index contributed by atoms with van der Waals surface area (Å²) in [6.45, 7) is 3.55. The van der Waals surface area contributed by atoms with Gasteiger partial charge in [-0.25, -0.2) is 9.78 Å². The minimum Gasteiger partial charge on any atom is -0.492 e. The van der Waals surface area contributed by atoms with Crippen molar-refractivity contribution in [2.24, 2.45) is 11.1 Å². The van der Waals surface area contributed by atoms with Gasteiger partial charge in [0.2, 0.25) is 5.88 Å². The lowest BCUT2D eigenvalue weighted by Crippen LogP contribution is -2.39. The molecule has 0 atom stereocenters. The molecule has 1 saturated carbocycles. The van der Waals surface area contributed by atoms with Gasteiger partial charge in [-0.3, -0.25) is 19.5 Å². The molecule has 184 valence electrons. The van der Waals surface area contributed by atoms with Gasteiger partial charge in [0, 0.05) is 43.6 Å². The second-order valence-corrected chi connectivity index (χ2v) is 9.45. The van der Waals surface area contributed by atoms with Crippen molar-refractivity contribution in [1.29, 1.82) is 0 Å². The van der Waals surface area contributed by atoms with E-state index in [4.69, 9.17) is 10.5 Å². The van der Waals surface area contributed by atoms with Gasteiger partial charge < -0.3 is 20.9 Å². The maximum absolute atomic E-state index is 13.6. The van der Waals surface area contributed by atoms with Crippen molar-refractivity contribution < 1.29 is 19.4 Å². The van der Waals surface area contributed by atoms with Crippen molar-refractivity contribution in [1.82, 2.24) is 24.5 Å². The van der Waals surface area contributed by atoms with E-state index < -0.39 is 23.4 Å². The third-order valence-electron chi connectivity index (χ3n) is 6.55. The lowest BCUT2D eigenvalue weighted by atomic mass is 9.82. The number of hydrogen-bond acceptors (Lipinski definition) is 7. The van der Waals surface area contributed by atoms with Crippen molar-refractivity contribution in [2.45, 2.75) is 45.2 Å². The molecule has 0 spiro atoms. The lowest BCUT2D eigenvalue weighted by Gasteiger charge is -2.34. The van der Waals surface area contributed by atoms with Crippen LogP contribution in [-0.2, 0) is 11.3 Å². The van der Waals surface area contributed by atoms with E-state index in [0.29, 0.717) is 36.7 Å². The fourth-order valence-corrected chi connectivity index (χ4v) is 4.36. The van der Waals surface area contributed by atoms with Gasteiger partial charge in [0.05, 0.1) is 5.69 Å². The molecular formula is C23H27N7O5. The molecule has 0 aromatic carbocycles. The summed E-state index contributed by atoms with van der Waals surface area (Å²) in [7, 11) is 0. The third-order valence-corrected chi connectivity index (χ3v) is 6.55. The standard InChI is InChI=1S/C23H27N7O5/c1-23(6-9-35-10-7-23)12-29-16-11-15(14-3-2-8-25-18(14)27-22(24)34)28-30(16)21(33)17(20(29)32)19(31)26-13-4-5-13/h2-3,8,11,13,33H,4-7,9-10,12H2,1H3,(H,26,31)(H3,24,25,27,34). The Morgan fingerprint density at radius 1 is 1.31 bits per heavy atom. The summed E-state index contributed by atoms with van der Waals surface area (Å²) in [5.41, 5.74) is 5.17. The molecule has 2 aliphatic rings. The minimum atomic E-state index is -0.792. The number of urea groups is 1. The zero-order chi connectivity index (χ0) is 24.7. The van der Waals surface area contributed by atoms with Gasteiger partial charge in [0.25, 0.3) is 11.5 Å². The largest absolute Gasteiger partial charge is 0.492 e. The maximum atomic E-state index is 13.6. The molecule has 35 heavy (non-hydrogen) atoms. The minimum absolute atomic E-state index is 0.00413. The highest BCUT2D eigenvalue weighted by Crippen LogP contribution is 2.34. The van der Waals surface area contributed by atoms with Crippen molar-refractivity contribution >= 4 is 23.4 Å². The summed E-state index contributed by atoms with van der Waals surface area (Å²) in [6, 6.07) is 4.18. The third kappa shape index (κ3) is 4.44. The van der Waals surface area contributed by atoms with Crippen LogP contribution in [0.2, 0.25) is 0 Å². The topological polar surface area (TPSA) is 166 Å². The molecule has 1 saturated heterocycles. The lowest BCUT2D eigenvalue weighted by molar-refractivity contribution is 0.0154. The molecular weight excluding hydrogens is 454 g/mol. The number of rotatable bonds is 6. The van der Waals surface area contributed by atoms with Gasteiger partial charge in [-0.1, -0.05) is 6.92 Å². The molecule has 3 aromatic rings. The average Bonchev–Trinajstić information content (AvgIpc) is 3.51. The van der Waals surface area contributed by atoms with Crippen LogP contribution in [-0.4, -0.2) is 55.5 Å². The molecule has 0 radical (unpaired) electrons.